The SMILES string of the molecule is CCC(=O)CNC(=O)[C@H](Cc1ccccc1)NC(=O)CNC(=O)CN.CCNCC(=O)NCC(=O)N[C@@H](Cc1ccccc1)C(=O)NCC(=O)CC.CCO. The van der Waals surface area contributed by atoms with Crippen LogP contribution in [0.1, 0.15) is 51.7 Å². The molecule has 55 heavy (non-hydrogen) atoms. The van der Waals surface area contributed by atoms with E-state index >= 15 is 0 Å². The predicted molar refractivity (Wildman–Crippen MR) is 207 cm³/mol. The van der Waals surface area contributed by atoms with E-state index in [-0.39, 0.29) is 76.2 Å². The monoisotopic (exact) mass is 770 g/mol. The van der Waals surface area contributed by atoms with Crippen molar-refractivity contribution >= 4 is 47.0 Å². The molecule has 2 atom stereocenters. The van der Waals surface area contributed by atoms with E-state index in [1.165, 1.54) is 0 Å². The largest absolute Gasteiger partial charge is 0.397 e. The number of benzene rings is 2. The first-order valence-corrected chi connectivity index (χ1v) is 18.1. The Morgan fingerprint density at radius 1 is 0.545 bits per heavy atom. The Balaban J connectivity index is 0.000000991. The number of ketones is 2. The zero-order chi connectivity index (χ0) is 41.4. The number of aliphatic hydroxyl groups excluding tert-OH is 1. The number of hydrogen-bond donors (Lipinski definition) is 9. The summed E-state index contributed by atoms with van der Waals surface area (Å²) < 4.78 is 0. The predicted octanol–water partition coefficient (Wildman–Crippen LogP) is -1.58. The zero-order valence-electron chi connectivity index (χ0n) is 32.2. The molecule has 0 heterocycles. The topological polar surface area (TPSA) is 267 Å². The summed E-state index contributed by atoms with van der Waals surface area (Å²) in [5.74, 6) is -2.84. The van der Waals surface area contributed by atoms with Crippen LogP contribution >= 0.6 is 0 Å². The second-order valence-electron chi connectivity index (χ2n) is 11.7. The number of nitrogens with one attached hydrogen (secondary N) is 7. The highest BCUT2D eigenvalue weighted by Crippen LogP contribution is 2.05. The van der Waals surface area contributed by atoms with E-state index in [0.717, 1.165) is 11.1 Å². The van der Waals surface area contributed by atoms with Gasteiger partial charge in [0.05, 0.1) is 39.3 Å². The standard InChI is InChI=1S/C19H28N4O4.C17H24N4O4.C2H6O/c1-3-15(24)11-22-19(27)16(10-14-8-6-5-7-9-14)23-18(26)13-21-17(25)12-20-4-2;1-2-13(22)10-20-17(25)14(8-12-6-4-3-5-7-12)21-16(24)11-19-15(23)9-18;1-2-3/h5-9,16,20H,3-4,10-13H2,1-2H3,(H,21,25)(H,22,27)(H,23,26);3-7,14H,2,8-11,18H2,1H3,(H,19,23)(H,20,25)(H,21,24);3H,2H2,1H3/t16-;14-;/m00./s1. The molecule has 0 bridgehead atoms. The number of rotatable bonds is 22. The van der Waals surface area contributed by atoms with Crippen LogP contribution in [0.15, 0.2) is 60.7 Å². The summed E-state index contributed by atoms with van der Waals surface area (Å²) in [6.45, 7) is 7.11. The lowest BCUT2D eigenvalue weighted by Crippen LogP contribution is -2.51. The average molecular weight is 771 g/mol. The maximum atomic E-state index is 12.4. The third-order valence-corrected chi connectivity index (χ3v) is 7.19. The number of Topliss-reactive ketones (excluding diaryl/α,β-unsaturated/α-hetero) is 2. The number of nitrogens with two attached hydrogens (primary N) is 1. The lowest BCUT2D eigenvalue weighted by atomic mass is 10.1. The molecule has 0 aromatic heterocycles. The van der Waals surface area contributed by atoms with E-state index in [2.05, 4.69) is 37.2 Å². The van der Waals surface area contributed by atoms with Crippen LogP contribution in [0.3, 0.4) is 0 Å². The highest BCUT2D eigenvalue weighted by molar-refractivity contribution is 5.93. The molecular weight excluding hydrogens is 712 g/mol. The third-order valence-electron chi connectivity index (χ3n) is 7.19. The van der Waals surface area contributed by atoms with Crippen molar-refractivity contribution in [3.05, 3.63) is 71.8 Å². The molecule has 0 saturated heterocycles. The van der Waals surface area contributed by atoms with E-state index in [4.69, 9.17) is 10.8 Å². The molecule has 17 heteroatoms. The molecule has 0 radical (unpaired) electrons. The Morgan fingerprint density at radius 3 is 1.27 bits per heavy atom. The van der Waals surface area contributed by atoms with E-state index < -0.39 is 41.6 Å². The second kappa shape index (κ2) is 30.9. The van der Waals surface area contributed by atoms with E-state index in [1.54, 1.807) is 20.8 Å². The molecule has 0 aliphatic rings. The molecule has 6 amide bonds. The zero-order valence-corrected chi connectivity index (χ0v) is 32.2. The van der Waals surface area contributed by atoms with Gasteiger partial charge in [0.25, 0.3) is 0 Å². The molecule has 0 aliphatic heterocycles. The summed E-state index contributed by atoms with van der Waals surface area (Å²) in [4.78, 5) is 94.3. The molecule has 10 N–H and O–H groups in total. The minimum atomic E-state index is -0.852. The van der Waals surface area contributed by atoms with E-state index in [1.807, 2.05) is 67.6 Å². The van der Waals surface area contributed by atoms with Gasteiger partial charge in [-0.1, -0.05) is 81.4 Å². The summed E-state index contributed by atoms with van der Waals surface area (Å²) >= 11 is 0. The normalized spacial score (nSPS) is 11.0. The van der Waals surface area contributed by atoms with E-state index in [9.17, 15) is 38.4 Å². The third kappa shape index (κ3) is 25.2. The molecular formula is C38H58N8O9. The van der Waals surface area contributed by atoms with Crippen LogP contribution in [0.25, 0.3) is 0 Å². The first-order chi connectivity index (χ1) is 26.3. The van der Waals surface area contributed by atoms with Gasteiger partial charge in [-0.3, -0.25) is 38.4 Å². The Labute approximate surface area is 322 Å². The number of aliphatic hydroxyl groups is 1. The minimum Gasteiger partial charge on any atom is -0.397 e. The van der Waals surface area contributed by atoms with Gasteiger partial charge in [-0.05, 0) is 24.6 Å². The number of carbonyl (C=O) groups is 8. The molecule has 17 nitrogen and oxygen atoms in total. The van der Waals surface area contributed by atoms with Crippen LogP contribution in [0.5, 0.6) is 0 Å². The Morgan fingerprint density at radius 2 is 0.927 bits per heavy atom. The summed E-state index contributed by atoms with van der Waals surface area (Å²) in [5, 5.41) is 25.5. The van der Waals surface area contributed by atoms with Gasteiger partial charge in [-0.2, -0.15) is 0 Å². The molecule has 0 aliphatic carbocycles. The summed E-state index contributed by atoms with van der Waals surface area (Å²) in [6, 6.07) is 16.7. The van der Waals surface area contributed by atoms with Crippen molar-refractivity contribution in [3.8, 4) is 0 Å². The molecule has 0 saturated carbocycles. The van der Waals surface area contributed by atoms with Crippen molar-refractivity contribution in [3.63, 3.8) is 0 Å². The Bertz CT molecular complexity index is 1480. The fraction of sp³-hybridized carbons (Fsp3) is 0.474. The molecule has 0 fully saturated rings. The number of hydrogen-bond acceptors (Lipinski definition) is 11. The second-order valence-corrected chi connectivity index (χ2v) is 11.7. The van der Waals surface area contributed by atoms with Crippen LogP contribution < -0.4 is 43.0 Å². The quantitative estimate of drug-likeness (QED) is 0.0660. The van der Waals surface area contributed by atoms with Gasteiger partial charge in [-0.15, -0.1) is 0 Å². The van der Waals surface area contributed by atoms with Gasteiger partial charge in [0.2, 0.25) is 35.4 Å². The smallest absolute Gasteiger partial charge is 0.243 e. The minimum absolute atomic E-state index is 0.0735. The maximum absolute atomic E-state index is 12.4. The Hall–Kier alpha value is -5.52. The molecule has 0 unspecified atom stereocenters. The van der Waals surface area contributed by atoms with Gasteiger partial charge in [0.1, 0.15) is 12.1 Å². The number of likely N-dealkylation sites (N-methyl/N-ethyl adjacent to an activating group) is 1. The molecule has 304 valence electrons. The van der Waals surface area contributed by atoms with Gasteiger partial charge in [-0.25, -0.2) is 0 Å². The van der Waals surface area contributed by atoms with Crippen molar-refractivity contribution in [2.24, 2.45) is 5.73 Å². The van der Waals surface area contributed by atoms with Gasteiger partial charge in [0, 0.05) is 32.3 Å². The van der Waals surface area contributed by atoms with Gasteiger partial charge < -0.3 is 48.1 Å². The van der Waals surface area contributed by atoms with Crippen LogP contribution in [0.2, 0.25) is 0 Å². The van der Waals surface area contributed by atoms with E-state index in [0.29, 0.717) is 19.4 Å². The number of amides is 6. The van der Waals surface area contributed by atoms with Gasteiger partial charge in [0.15, 0.2) is 11.6 Å². The molecule has 0 spiro atoms. The molecule has 2 aromatic rings. The summed E-state index contributed by atoms with van der Waals surface area (Å²) in [7, 11) is 0. The van der Waals surface area contributed by atoms with Crippen LogP contribution in [0, 0.1) is 0 Å². The van der Waals surface area contributed by atoms with Crippen molar-refractivity contribution in [1.29, 1.82) is 0 Å². The molecule has 2 rings (SSSR count). The maximum Gasteiger partial charge on any atom is 0.243 e. The van der Waals surface area contributed by atoms with Crippen molar-refractivity contribution < 1.29 is 43.5 Å². The van der Waals surface area contributed by atoms with Crippen molar-refractivity contribution in [1.82, 2.24) is 37.2 Å². The lowest BCUT2D eigenvalue weighted by molar-refractivity contribution is -0.130. The van der Waals surface area contributed by atoms with Crippen LogP contribution in [-0.2, 0) is 51.2 Å². The van der Waals surface area contributed by atoms with Crippen LogP contribution in [0.4, 0.5) is 0 Å². The highest BCUT2D eigenvalue weighted by Gasteiger charge is 2.23. The number of carbonyl (C=O) groups excluding carboxylic acids is 8. The van der Waals surface area contributed by atoms with Crippen LogP contribution in [-0.4, -0.2) is 117 Å². The summed E-state index contributed by atoms with van der Waals surface area (Å²) in [6.07, 6.45) is 1.20. The summed E-state index contributed by atoms with van der Waals surface area (Å²) in [5.41, 5.74) is 6.88. The lowest BCUT2D eigenvalue weighted by Gasteiger charge is -2.19. The fourth-order valence-electron chi connectivity index (χ4n) is 4.21. The first kappa shape index (κ1) is 49.5. The van der Waals surface area contributed by atoms with Gasteiger partial charge >= 0.3 is 0 Å². The Kier molecular flexibility index (Phi) is 27.8. The van der Waals surface area contributed by atoms with Crippen molar-refractivity contribution in [2.45, 2.75) is 65.5 Å². The first-order valence-electron chi connectivity index (χ1n) is 18.1. The average Bonchev–Trinajstić information content (AvgIpc) is 3.19. The molecule has 2 aromatic carbocycles. The van der Waals surface area contributed by atoms with Crippen molar-refractivity contribution in [2.75, 3.05) is 52.4 Å². The highest BCUT2D eigenvalue weighted by atomic mass is 16.2. The fourth-order valence-corrected chi connectivity index (χ4v) is 4.21.